The third-order valence-corrected chi connectivity index (χ3v) is 16.3. The predicted molar refractivity (Wildman–Crippen MR) is 328 cm³/mol. The average Bonchev–Trinajstić information content (AvgIpc) is 2.63. The van der Waals surface area contributed by atoms with E-state index in [1.54, 1.807) is 16.8 Å². The minimum absolute atomic E-state index is 0. The Morgan fingerprint density at radius 3 is 2.06 bits per heavy atom. The van der Waals surface area contributed by atoms with Crippen molar-refractivity contribution in [3.8, 4) is 62.1 Å². The zero-order valence-corrected chi connectivity index (χ0v) is 50.4. The standard InChI is InChI=1S/C74H72N4O.Pt/c1-48(2)37-49-38-61(51-29-32-63-64(43-51)74(11,12)35-34-73(63,9)10)70(62(39-49)53-40-52(50-21-14-13-15-22-50)41-55(42-53)72(6,7)8)77-47-76(66-27-18-19-28-67(66)77)56-23-20-24-57(45-56)79-58-30-31-60-59-25-16-17-26-65(59)78(68(60)46-58)69-44-54(33-36-75-69)71(3,4)5;/h13-33,36,38-44,48H,34-35,37H2,1-12H3;/q-2;/i16D,17D,25D,26D;. The molecule has 406 valence electrons. The predicted octanol–water partition coefficient (Wildman–Crippen LogP) is 18.7. The summed E-state index contributed by atoms with van der Waals surface area (Å²) in [6.07, 6.45) is 8.85. The first-order valence-electron chi connectivity index (χ1n) is 30.0. The monoisotopic (exact) mass is 1230 g/mol. The van der Waals surface area contributed by atoms with Crippen molar-refractivity contribution in [3.63, 3.8) is 0 Å². The van der Waals surface area contributed by atoms with Crippen molar-refractivity contribution in [2.75, 3.05) is 0 Å². The van der Waals surface area contributed by atoms with Gasteiger partial charge in [-0.15, -0.1) is 29.7 Å². The van der Waals surface area contributed by atoms with Gasteiger partial charge in [-0.2, -0.15) is 18.2 Å². The van der Waals surface area contributed by atoms with Crippen LogP contribution in [0.25, 0.3) is 83.4 Å². The first kappa shape index (κ1) is 49.7. The normalized spacial score (nSPS) is 14.9. The van der Waals surface area contributed by atoms with Gasteiger partial charge in [-0.25, -0.2) is 4.98 Å². The molecule has 0 N–H and O–H groups in total. The van der Waals surface area contributed by atoms with E-state index in [9.17, 15) is 0 Å². The number of para-hydroxylation sites is 3. The number of ether oxygens (including phenoxy) is 1. The van der Waals surface area contributed by atoms with E-state index in [4.69, 9.17) is 15.2 Å². The molecular weight excluding hydrogens is 1160 g/mol. The van der Waals surface area contributed by atoms with Gasteiger partial charge < -0.3 is 13.9 Å². The second kappa shape index (κ2) is 20.6. The van der Waals surface area contributed by atoms with Gasteiger partial charge in [0.2, 0.25) is 0 Å². The van der Waals surface area contributed by atoms with Crippen LogP contribution in [0, 0.1) is 24.4 Å². The molecule has 0 atom stereocenters. The summed E-state index contributed by atoms with van der Waals surface area (Å²) < 4.78 is 48.5. The second-order valence-electron chi connectivity index (χ2n) is 25.6. The average molecular weight is 1230 g/mol. The Hall–Kier alpha value is -7.33. The SMILES string of the molecule is [2H]c1c([2H])c([2H])c2c(c1[2H])c1ccc(Oc3[c-]c(-n4[c-][n+](-c5c(-c6cc(-c7ccccc7)cc(C(C)(C)C)c6)cc(CC(C)C)cc5-c5ccc6c(c5)C(C)(C)CCC6(C)C)c5ccccc54)ccc3)[c-]c1n2-c1cc(C(C)(C)C)ccn1.[Pt]. The summed E-state index contributed by atoms with van der Waals surface area (Å²) in [6, 6.07) is 58.2. The molecule has 0 radical (unpaired) electrons. The number of nitrogens with zero attached hydrogens (tertiary/aromatic N) is 4. The Balaban J connectivity index is 0.00000736. The zero-order chi connectivity index (χ0) is 58.7. The molecular formula is C74H72N4OPt-2. The molecule has 12 rings (SSSR count). The summed E-state index contributed by atoms with van der Waals surface area (Å²) in [5.41, 5.74) is 17.6. The molecule has 6 heteroatoms. The topological polar surface area (TPSA) is 35.9 Å². The van der Waals surface area contributed by atoms with Gasteiger partial charge in [0, 0.05) is 44.3 Å². The molecule has 0 unspecified atom stereocenters. The van der Waals surface area contributed by atoms with Crippen LogP contribution in [0.1, 0.15) is 129 Å². The summed E-state index contributed by atoms with van der Waals surface area (Å²) in [5.74, 6) is 1.77. The van der Waals surface area contributed by atoms with Crippen LogP contribution in [0.4, 0.5) is 0 Å². The summed E-state index contributed by atoms with van der Waals surface area (Å²) >= 11 is 0. The van der Waals surface area contributed by atoms with Crippen LogP contribution >= 0.6 is 0 Å². The summed E-state index contributed by atoms with van der Waals surface area (Å²) in [5, 5.41) is 1.01. The summed E-state index contributed by atoms with van der Waals surface area (Å²) in [6.45, 7) is 27.5. The van der Waals surface area contributed by atoms with Gasteiger partial charge in [-0.1, -0.05) is 204 Å². The third kappa shape index (κ3) is 10.2. The van der Waals surface area contributed by atoms with E-state index >= 15 is 0 Å². The van der Waals surface area contributed by atoms with Crippen LogP contribution in [0.2, 0.25) is 0 Å². The van der Waals surface area contributed by atoms with Gasteiger partial charge in [0.05, 0.1) is 22.2 Å². The molecule has 3 heterocycles. The van der Waals surface area contributed by atoms with Gasteiger partial charge >= 0.3 is 0 Å². The molecule has 5 nitrogen and oxygen atoms in total. The van der Waals surface area contributed by atoms with Crippen molar-refractivity contribution in [3.05, 3.63) is 222 Å². The van der Waals surface area contributed by atoms with Gasteiger partial charge in [-0.3, -0.25) is 4.57 Å². The molecule has 0 spiro atoms. The molecule has 0 aliphatic heterocycles. The molecule has 1 aliphatic rings. The second-order valence-corrected chi connectivity index (χ2v) is 25.6. The number of pyridine rings is 1. The molecule has 8 aromatic carbocycles. The van der Waals surface area contributed by atoms with Crippen LogP contribution < -0.4 is 9.30 Å². The van der Waals surface area contributed by atoms with Crippen LogP contribution in [-0.2, 0) is 49.1 Å². The van der Waals surface area contributed by atoms with Gasteiger partial charge in [0.1, 0.15) is 5.82 Å². The fourth-order valence-electron chi connectivity index (χ4n) is 11.8. The number of aromatic nitrogens is 4. The maximum Gasteiger partial charge on any atom is 0.268 e. The third-order valence-electron chi connectivity index (χ3n) is 16.3. The molecule has 3 aromatic heterocycles. The Bertz CT molecular complexity index is 4390. The Morgan fingerprint density at radius 1 is 0.625 bits per heavy atom. The number of benzene rings is 8. The summed E-state index contributed by atoms with van der Waals surface area (Å²) in [4.78, 5) is 4.78. The Morgan fingerprint density at radius 2 is 1.31 bits per heavy atom. The number of rotatable bonds is 10. The molecule has 1 aliphatic carbocycles. The number of hydrogen-bond donors (Lipinski definition) is 0. The number of fused-ring (bicyclic) bond motifs is 5. The van der Waals surface area contributed by atoms with Crippen LogP contribution in [0.5, 0.6) is 11.5 Å². The molecule has 80 heavy (non-hydrogen) atoms. The van der Waals surface area contributed by atoms with Crippen molar-refractivity contribution in [2.24, 2.45) is 5.92 Å². The van der Waals surface area contributed by atoms with Crippen LogP contribution in [0.15, 0.2) is 176 Å². The smallest absolute Gasteiger partial charge is 0.268 e. The van der Waals surface area contributed by atoms with E-state index in [2.05, 4.69) is 214 Å². The van der Waals surface area contributed by atoms with E-state index in [-0.39, 0.29) is 66.9 Å². The summed E-state index contributed by atoms with van der Waals surface area (Å²) in [7, 11) is 0. The Kier molecular flexibility index (Phi) is 12.8. The zero-order valence-electron chi connectivity index (χ0n) is 52.1. The fraction of sp³-hybridized carbons (Fsp3) is 0.270. The molecule has 0 amide bonds. The molecule has 0 bridgehead atoms. The first-order chi connectivity index (χ1) is 39.4. The van der Waals surface area contributed by atoms with Gasteiger partial charge in [0.25, 0.3) is 6.33 Å². The minimum atomic E-state index is -0.314. The van der Waals surface area contributed by atoms with E-state index < -0.39 is 0 Å². The van der Waals surface area contributed by atoms with Crippen molar-refractivity contribution in [1.29, 1.82) is 0 Å². The molecule has 11 aromatic rings. The van der Waals surface area contributed by atoms with E-state index in [1.807, 2.05) is 36.4 Å². The minimum Gasteiger partial charge on any atom is -0.510 e. The fourth-order valence-corrected chi connectivity index (χ4v) is 11.8. The number of hydrogen-bond acceptors (Lipinski definition) is 2. The molecule has 0 saturated heterocycles. The number of imidazole rings is 1. The quantitative estimate of drug-likeness (QED) is 0.101. The van der Waals surface area contributed by atoms with E-state index in [1.165, 1.54) is 38.9 Å². The van der Waals surface area contributed by atoms with Gasteiger partial charge in [-0.05, 0) is 143 Å². The maximum atomic E-state index is 9.16. The maximum absolute atomic E-state index is 9.16. The Labute approximate surface area is 494 Å². The van der Waals surface area contributed by atoms with Gasteiger partial charge in [0.15, 0.2) is 0 Å². The van der Waals surface area contributed by atoms with Crippen molar-refractivity contribution in [1.82, 2.24) is 14.1 Å². The first-order valence-corrected chi connectivity index (χ1v) is 28.0. The van der Waals surface area contributed by atoms with E-state index in [0.29, 0.717) is 45.0 Å². The van der Waals surface area contributed by atoms with E-state index in [0.717, 1.165) is 63.9 Å². The largest absolute Gasteiger partial charge is 0.510 e. The van der Waals surface area contributed by atoms with Crippen molar-refractivity contribution in [2.45, 2.75) is 124 Å². The molecule has 0 saturated carbocycles. The van der Waals surface area contributed by atoms with Crippen LogP contribution in [0.3, 0.4) is 0 Å². The van der Waals surface area contributed by atoms with Crippen LogP contribution in [-0.4, -0.2) is 14.1 Å². The van der Waals surface area contributed by atoms with Crippen molar-refractivity contribution >= 4 is 32.8 Å². The van der Waals surface area contributed by atoms with Crippen molar-refractivity contribution < 1.29 is 35.9 Å². The molecule has 0 fully saturated rings.